The van der Waals surface area contributed by atoms with Crippen LogP contribution in [0.1, 0.15) is 88.0 Å². The molecule has 0 aromatic carbocycles. The van der Waals surface area contributed by atoms with Gasteiger partial charge in [0.05, 0.1) is 5.41 Å². The third-order valence-corrected chi connectivity index (χ3v) is 7.64. The molecule has 1 fully saturated rings. The summed E-state index contributed by atoms with van der Waals surface area (Å²) in [4.78, 5) is 41.3. The summed E-state index contributed by atoms with van der Waals surface area (Å²) < 4.78 is 0. The molecule has 2 rings (SSSR count). The van der Waals surface area contributed by atoms with Gasteiger partial charge in [0, 0.05) is 6.42 Å². The molecule has 0 radical (unpaired) electrons. The van der Waals surface area contributed by atoms with Crippen molar-refractivity contribution in [2.45, 2.75) is 88.0 Å². The molecule has 0 saturated heterocycles. The van der Waals surface area contributed by atoms with E-state index in [1.807, 2.05) is 61.5 Å². The Kier molecular flexibility index (Phi) is 7.28. The summed E-state index contributed by atoms with van der Waals surface area (Å²) in [6.45, 7) is 17.4. The van der Waals surface area contributed by atoms with Crippen LogP contribution in [-0.2, 0) is 14.4 Å². The second-order valence-electron chi connectivity index (χ2n) is 11.2. The van der Waals surface area contributed by atoms with E-state index in [1.54, 1.807) is 13.0 Å². The van der Waals surface area contributed by atoms with Gasteiger partial charge in [0.15, 0.2) is 17.3 Å². The van der Waals surface area contributed by atoms with Gasteiger partial charge in [0.2, 0.25) is 0 Å². The molecular formula is C28H40O4. The number of fused-ring (bicyclic) bond motifs is 2. The zero-order valence-electron chi connectivity index (χ0n) is 21.3. The first-order valence-corrected chi connectivity index (χ1v) is 11.6. The molecule has 32 heavy (non-hydrogen) atoms. The number of aliphatic hydroxyl groups excluding tert-OH is 1. The zero-order valence-corrected chi connectivity index (χ0v) is 21.3. The van der Waals surface area contributed by atoms with Crippen LogP contribution in [0.5, 0.6) is 0 Å². The Morgan fingerprint density at radius 2 is 1.47 bits per heavy atom. The van der Waals surface area contributed by atoms with E-state index in [1.165, 1.54) is 5.57 Å². The number of carbonyl (C=O) groups is 3. The number of Topliss-reactive ketones (excluding diaryl/α,β-unsaturated/α-hetero) is 3. The smallest absolute Gasteiger partial charge is 0.184 e. The van der Waals surface area contributed by atoms with Crippen LogP contribution in [0.3, 0.4) is 0 Å². The number of allylic oxidation sites excluding steroid dienone is 8. The lowest BCUT2D eigenvalue weighted by Crippen LogP contribution is -2.66. The van der Waals surface area contributed by atoms with Crippen molar-refractivity contribution < 1.29 is 19.5 Å². The summed E-state index contributed by atoms with van der Waals surface area (Å²) in [6, 6.07) is 0. The summed E-state index contributed by atoms with van der Waals surface area (Å²) in [5.41, 5.74) is -0.308. The molecule has 2 bridgehead atoms. The minimum Gasteiger partial charge on any atom is -0.510 e. The molecule has 2 aliphatic rings. The zero-order chi connectivity index (χ0) is 24.6. The van der Waals surface area contributed by atoms with E-state index in [0.29, 0.717) is 6.42 Å². The highest BCUT2D eigenvalue weighted by atomic mass is 16.3. The maximum absolute atomic E-state index is 14.1. The first kappa shape index (κ1) is 26.0. The molecule has 4 heteroatoms. The maximum atomic E-state index is 14.1. The molecule has 176 valence electrons. The van der Waals surface area contributed by atoms with E-state index in [-0.39, 0.29) is 35.9 Å². The number of carbonyl (C=O) groups excluding carboxylic acids is 3. The van der Waals surface area contributed by atoms with E-state index >= 15 is 0 Å². The average molecular weight is 441 g/mol. The van der Waals surface area contributed by atoms with Gasteiger partial charge in [-0.2, -0.15) is 0 Å². The Hall–Kier alpha value is -2.23. The fourth-order valence-electron chi connectivity index (χ4n) is 5.37. The maximum Gasteiger partial charge on any atom is 0.184 e. The molecule has 3 atom stereocenters. The van der Waals surface area contributed by atoms with Gasteiger partial charge in [-0.1, -0.05) is 48.8 Å². The van der Waals surface area contributed by atoms with E-state index in [2.05, 4.69) is 6.08 Å². The van der Waals surface area contributed by atoms with Crippen LogP contribution in [0.2, 0.25) is 0 Å². The van der Waals surface area contributed by atoms with Crippen molar-refractivity contribution in [3.8, 4) is 0 Å². The van der Waals surface area contributed by atoms with Crippen LogP contribution in [0, 0.1) is 22.2 Å². The van der Waals surface area contributed by atoms with Crippen molar-refractivity contribution in [2.24, 2.45) is 22.2 Å². The Morgan fingerprint density at radius 1 is 0.938 bits per heavy atom. The fourth-order valence-corrected chi connectivity index (χ4v) is 5.37. The molecule has 0 aliphatic heterocycles. The van der Waals surface area contributed by atoms with Crippen molar-refractivity contribution in [1.29, 1.82) is 0 Å². The van der Waals surface area contributed by atoms with Crippen molar-refractivity contribution in [3.05, 3.63) is 46.3 Å². The number of aliphatic hydroxyl groups is 1. The van der Waals surface area contributed by atoms with Crippen molar-refractivity contribution in [3.63, 3.8) is 0 Å². The first-order chi connectivity index (χ1) is 14.6. The molecule has 0 amide bonds. The summed E-state index contributed by atoms with van der Waals surface area (Å²) in [6.07, 6.45) is 7.25. The third kappa shape index (κ3) is 4.09. The van der Waals surface area contributed by atoms with Gasteiger partial charge < -0.3 is 5.11 Å². The monoisotopic (exact) mass is 440 g/mol. The highest BCUT2D eigenvalue weighted by Crippen LogP contribution is 2.65. The predicted octanol–water partition coefficient (Wildman–Crippen LogP) is 6.63. The number of hydrogen-bond donors (Lipinski definition) is 1. The van der Waals surface area contributed by atoms with Gasteiger partial charge >= 0.3 is 0 Å². The lowest BCUT2D eigenvalue weighted by Gasteiger charge is -2.59. The van der Waals surface area contributed by atoms with Gasteiger partial charge in [0.25, 0.3) is 0 Å². The molecule has 0 spiro atoms. The lowest BCUT2D eigenvalue weighted by atomic mass is 9.40. The summed E-state index contributed by atoms with van der Waals surface area (Å²) in [5, 5.41) is 11.2. The van der Waals surface area contributed by atoms with Crippen molar-refractivity contribution in [2.75, 3.05) is 0 Å². The van der Waals surface area contributed by atoms with E-state index in [0.717, 1.165) is 17.6 Å². The van der Waals surface area contributed by atoms with Gasteiger partial charge in [-0.05, 0) is 79.1 Å². The largest absolute Gasteiger partial charge is 0.510 e. The number of ketones is 3. The van der Waals surface area contributed by atoms with Crippen LogP contribution in [0.15, 0.2) is 46.3 Å². The Labute approximate surface area is 193 Å². The summed E-state index contributed by atoms with van der Waals surface area (Å²) in [7, 11) is 0. The lowest BCUT2D eigenvalue weighted by molar-refractivity contribution is -0.170. The molecule has 4 nitrogen and oxygen atoms in total. The second-order valence-corrected chi connectivity index (χ2v) is 11.2. The van der Waals surface area contributed by atoms with Gasteiger partial charge in [-0.25, -0.2) is 0 Å². The molecule has 0 aromatic rings. The third-order valence-electron chi connectivity index (χ3n) is 7.64. The van der Waals surface area contributed by atoms with E-state index in [4.69, 9.17) is 0 Å². The Morgan fingerprint density at radius 3 is 1.97 bits per heavy atom. The average Bonchev–Trinajstić information content (AvgIpc) is 2.67. The summed E-state index contributed by atoms with van der Waals surface area (Å²) in [5.74, 6) is -1.49. The Bertz CT molecular complexity index is 944. The van der Waals surface area contributed by atoms with E-state index in [9.17, 15) is 19.5 Å². The molecular weight excluding hydrogens is 400 g/mol. The van der Waals surface area contributed by atoms with Crippen molar-refractivity contribution >= 4 is 17.3 Å². The molecule has 0 heterocycles. The van der Waals surface area contributed by atoms with Crippen LogP contribution in [0.25, 0.3) is 0 Å². The minimum absolute atomic E-state index is 0.00574. The molecule has 1 saturated carbocycles. The quantitative estimate of drug-likeness (QED) is 0.274. The standard InChI is InChI=1S/C28H40O4/c1-17(2)10-12-20-16-27(9)23(30)22(21(29)13-11-18(3)4)24(31)28(25(27)32,26(20,7)8)15-14-19(5)6/h10-11,14,20,30H,12-13,15-16H2,1-9H3/t20-,27-,28+/m1/s1. The molecule has 0 unspecified atom stereocenters. The van der Waals surface area contributed by atoms with Crippen molar-refractivity contribution in [1.82, 2.24) is 0 Å². The molecule has 2 aliphatic carbocycles. The normalized spacial score (nSPS) is 28.8. The van der Waals surface area contributed by atoms with Crippen LogP contribution in [-0.4, -0.2) is 22.5 Å². The predicted molar refractivity (Wildman–Crippen MR) is 129 cm³/mol. The van der Waals surface area contributed by atoms with Crippen LogP contribution >= 0.6 is 0 Å². The van der Waals surface area contributed by atoms with Gasteiger partial charge in [-0.3, -0.25) is 14.4 Å². The first-order valence-electron chi connectivity index (χ1n) is 11.6. The van der Waals surface area contributed by atoms with E-state index < -0.39 is 27.8 Å². The number of hydrogen-bond acceptors (Lipinski definition) is 4. The molecule has 1 N–H and O–H groups in total. The Balaban J connectivity index is 2.82. The summed E-state index contributed by atoms with van der Waals surface area (Å²) >= 11 is 0. The SMILES string of the molecule is CC(C)=CCC(=O)C1=C(O)[C@@]2(C)C[C@@H](CC=C(C)C)C(C)(C)[C@@](CC=C(C)C)(C1=O)C2=O. The van der Waals surface area contributed by atoms with Gasteiger partial charge in [0.1, 0.15) is 16.7 Å². The minimum atomic E-state index is -1.38. The molecule has 0 aromatic heterocycles. The second kappa shape index (κ2) is 8.96. The van der Waals surface area contributed by atoms with Crippen LogP contribution < -0.4 is 0 Å². The van der Waals surface area contributed by atoms with Gasteiger partial charge in [-0.15, -0.1) is 0 Å². The highest BCUT2D eigenvalue weighted by molar-refractivity contribution is 6.31. The highest BCUT2D eigenvalue weighted by Gasteiger charge is 2.71. The van der Waals surface area contributed by atoms with Crippen LogP contribution in [0.4, 0.5) is 0 Å². The fraction of sp³-hybridized carbons (Fsp3) is 0.607. The topological polar surface area (TPSA) is 71.4 Å². The number of rotatable bonds is 7.